The van der Waals surface area contributed by atoms with Crippen LogP contribution in [0.1, 0.15) is 68.3 Å². The SMILES string of the molecule is CCCCC1(CCCC)Cc2ccccc2C1=O. The minimum Gasteiger partial charge on any atom is -0.294 e. The minimum absolute atomic E-state index is 0.0737. The highest BCUT2D eigenvalue weighted by atomic mass is 16.1. The highest BCUT2D eigenvalue weighted by Gasteiger charge is 2.43. The highest BCUT2D eigenvalue weighted by Crippen LogP contribution is 2.44. The fourth-order valence-electron chi connectivity index (χ4n) is 3.19. The molecule has 1 aromatic rings. The lowest BCUT2D eigenvalue weighted by molar-refractivity contribution is 0.0780. The summed E-state index contributed by atoms with van der Waals surface area (Å²) in [5.74, 6) is 0.417. The van der Waals surface area contributed by atoms with Crippen LogP contribution in [-0.4, -0.2) is 5.78 Å². The van der Waals surface area contributed by atoms with Gasteiger partial charge in [0.1, 0.15) is 0 Å². The normalized spacial score (nSPS) is 16.9. The van der Waals surface area contributed by atoms with E-state index in [-0.39, 0.29) is 5.41 Å². The van der Waals surface area contributed by atoms with E-state index in [4.69, 9.17) is 0 Å². The summed E-state index contributed by atoms with van der Waals surface area (Å²) in [4.78, 5) is 12.7. The lowest BCUT2D eigenvalue weighted by Gasteiger charge is -2.27. The van der Waals surface area contributed by atoms with Gasteiger partial charge in [0, 0.05) is 11.0 Å². The number of benzene rings is 1. The third-order valence-corrected chi connectivity index (χ3v) is 4.29. The molecule has 2 rings (SSSR count). The molecule has 0 saturated carbocycles. The first-order chi connectivity index (χ1) is 8.73. The van der Waals surface area contributed by atoms with Crippen molar-refractivity contribution in [3.8, 4) is 0 Å². The van der Waals surface area contributed by atoms with Crippen LogP contribution in [-0.2, 0) is 6.42 Å². The average Bonchev–Trinajstić information content (AvgIpc) is 2.68. The summed E-state index contributed by atoms with van der Waals surface area (Å²) in [7, 11) is 0. The van der Waals surface area contributed by atoms with Crippen LogP contribution in [0.3, 0.4) is 0 Å². The second kappa shape index (κ2) is 5.69. The molecule has 98 valence electrons. The van der Waals surface area contributed by atoms with E-state index in [1.165, 1.54) is 31.2 Å². The van der Waals surface area contributed by atoms with E-state index in [0.717, 1.165) is 24.8 Å². The molecule has 1 nitrogen and oxygen atoms in total. The number of rotatable bonds is 6. The van der Waals surface area contributed by atoms with Gasteiger partial charge in [-0.2, -0.15) is 0 Å². The molecule has 0 fully saturated rings. The monoisotopic (exact) mass is 244 g/mol. The van der Waals surface area contributed by atoms with Gasteiger partial charge in [-0.3, -0.25) is 4.79 Å². The third kappa shape index (κ3) is 2.36. The Morgan fingerprint density at radius 1 is 1.06 bits per heavy atom. The third-order valence-electron chi connectivity index (χ3n) is 4.29. The number of ketones is 1. The Morgan fingerprint density at radius 3 is 2.22 bits per heavy atom. The average molecular weight is 244 g/mol. The molecular formula is C17H24O. The van der Waals surface area contributed by atoms with Gasteiger partial charge in [0.25, 0.3) is 0 Å². The largest absolute Gasteiger partial charge is 0.294 e. The van der Waals surface area contributed by atoms with Crippen molar-refractivity contribution in [2.75, 3.05) is 0 Å². The topological polar surface area (TPSA) is 17.1 Å². The molecule has 0 unspecified atom stereocenters. The van der Waals surface area contributed by atoms with Crippen LogP contribution < -0.4 is 0 Å². The zero-order valence-electron chi connectivity index (χ0n) is 11.7. The number of Topliss-reactive ketones (excluding diaryl/α,β-unsaturated/α-hetero) is 1. The Bertz CT molecular complexity index is 411. The molecule has 0 bridgehead atoms. The van der Waals surface area contributed by atoms with E-state index in [0.29, 0.717) is 5.78 Å². The maximum absolute atomic E-state index is 12.7. The Balaban J connectivity index is 2.24. The van der Waals surface area contributed by atoms with Gasteiger partial charge in [0.15, 0.2) is 5.78 Å². The Labute approximate surface area is 111 Å². The Hall–Kier alpha value is -1.11. The van der Waals surface area contributed by atoms with Crippen molar-refractivity contribution in [1.29, 1.82) is 0 Å². The molecule has 0 saturated heterocycles. The van der Waals surface area contributed by atoms with Crippen LogP contribution in [0.25, 0.3) is 0 Å². The van der Waals surface area contributed by atoms with E-state index in [1.54, 1.807) is 0 Å². The zero-order chi connectivity index (χ0) is 13.0. The first-order valence-electron chi connectivity index (χ1n) is 7.36. The first kappa shape index (κ1) is 13.3. The summed E-state index contributed by atoms with van der Waals surface area (Å²) in [6.45, 7) is 4.42. The summed E-state index contributed by atoms with van der Waals surface area (Å²) in [6, 6.07) is 8.19. The van der Waals surface area contributed by atoms with Crippen LogP contribution in [0.15, 0.2) is 24.3 Å². The quantitative estimate of drug-likeness (QED) is 0.703. The van der Waals surface area contributed by atoms with Crippen LogP contribution in [0.5, 0.6) is 0 Å². The van der Waals surface area contributed by atoms with Crippen molar-refractivity contribution >= 4 is 5.78 Å². The molecule has 0 aliphatic heterocycles. The molecule has 0 heterocycles. The number of unbranched alkanes of at least 4 members (excludes halogenated alkanes) is 2. The number of hydrogen-bond donors (Lipinski definition) is 0. The van der Waals surface area contributed by atoms with Gasteiger partial charge in [-0.15, -0.1) is 0 Å². The van der Waals surface area contributed by atoms with Gasteiger partial charge >= 0.3 is 0 Å². The summed E-state index contributed by atoms with van der Waals surface area (Å²) in [6.07, 6.45) is 7.80. The van der Waals surface area contributed by atoms with E-state index in [2.05, 4.69) is 26.0 Å². The zero-order valence-corrected chi connectivity index (χ0v) is 11.7. The number of hydrogen-bond acceptors (Lipinski definition) is 1. The van der Waals surface area contributed by atoms with Crippen LogP contribution in [0.2, 0.25) is 0 Å². The Kier molecular flexibility index (Phi) is 4.21. The van der Waals surface area contributed by atoms with Gasteiger partial charge in [0.05, 0.1) is 0 Å². The minimum atomic E-state index is -0.0737. The molecule has 1 heteroatoms. The molecule has 0 amide bonds. The van der Waals surface area contributed by atoms with Gasteiger partial charge in [-0.25, -0.2) is 0 Å². The summed E-state index contributed by atoms with van der Waals surface area (Å²) in [5, 5.41) is 0. The summed E-state index contributed by atoms with van der Waals surface area (Å²) >= 11 is 0. The van der Waals surface area contributed by atoms with Crippen molar-refractivity contribution in [3.63, 3.8) is 0 Å². The van der Waals surface area contributed by atoms with Crippen LogP contribution >= 0.6 is 0 Å². The first-order valence-corrected chi connectivity index (χ1v) is 7.36. The van der Waals surface area contributed by atoms with E-state index < -0.39 is 0 Å². The predicted octanol–water partition coefficient (Wildman–Crippen LogP) is 4.79. The lowest BCUT2D eigenvalue weighted by Crippen LogP contribution is -2.28. The smallest absolute Gasteiger partial charge is 0.169 e. The predicted molar refractivity (Wildman–Crippen MR) is 76.0 cm³/mol. The standard InChI is InChI=1S/C17H24O/c1-3-5-11-17(12-6-4-2)13-14-9-7-8-10-15(14)16(17)18/h7-10H,3-6,11-13H2,1-2H3. The van der Waals surface area contributed by atoms with Crippen LogP contribution in [0.4, 0.5) is 0 Å². The maximum Gasteiger partial charge on any atom is 0.169 e. The van der Waals surface area contributed by atoms with Crippen molar-refractivity contribution in [1.82, 2.24) is 0 Å². The molecule has 1 aliphatic carbocycles. The lowest BCUT2D eigenvalue weighted by atomic mass is 9.75. The van der Waals surface area contributed by atoms with E-state index in [9.17, 15) is 4.79 Å². The summed E-state index contributed by atoms with van der Waals surface area (Å²) < 4.78 is 0. The summed E-state index contributed by atoms with van der Waals surface area (Å²) in [5.41, 5.74) is 2.19. The fraction of sp³-hybridized carbons (Fsp3) is 0.588. The molecule has 0 radical (unpaired) electrons. The maximum atomic E-state index is 12.7. The number of fused-ring (bicyclic) bond motifs is 1. The van der Waals surface area contributed by atoms with E-state index in [1.807, 2.05) is 12.1 Å². The van der Waals surface area contributed by atoms with Crippen molar-refractivity contribution < 1.29 is 4.79 Å². The highest BCUT2D eigenvalue weighted by molar-refractivity contribution is 6.04. The molecular weight excluding hydrogens is 220 g/mol. The van der Waals surface area contributed by atoms with Gasteiger partial charge < -0.3 is 0 Å². The van der Waals surface area contributed by atoms with Crippen molar-refractivity contribution in [2.45, 2.75) is 58.8 Å². The Morgan fingerprint density at radius 2 is 1.67 bits per heavy atom. The van der Waals surface area contributed by atoms with E-state index >= 15 is 0 Å². The number of carbonyl (C=O) groups is 1. The molecule has 0 atom stereocenters. The second-order valence-electron chi connectivity index (χ2n) is 5.65. The molecule has 1 aromatic carbocycles. The van der Waals surface area contributed by atoms with Crippen molar-refractivity contribution in [3.05, 3.63) is 35.4 Å². The van der Waals surface area contributed by atoms with Crippen LogP contribution in [0, 0.1) is 5.41 Å². The number of carbonyl (C=O) groups excluding carboxylic acids is 1. The molecule has 0 spiro atoms. The second-order valence-corrected chi connectivity index (χ2v) is 5.65. The molecule has 1 aliphatic rings. The van der Waals surface area contributed by atoms with Crippen molar-refractivity contribution in [2.24, 2.45) is 5.41 Å². The van der Waals surface area contributed by atoms with Gasteiger partial charge in [-0.05, 0) is 24.8 Å². The van der Waals surface area contributed by atoms with Gasteiger partial charge in [0.2, 0.25) is 0 Å². The molecule has 18 heavy (non-hydrogen) atoms. The molecule has 0 aromatic heterocycles. The van der Waals surface area contributed by atoms with Gasteiger partial charge in [-0.1, -0.05) is 63.8 Å². The molecule has 0 N–H and O–H groups in total. The fourth-order valence-corrected chi connectivity index (χ4v) is 3.19.